The van der Waals surface area contributed by atoms with Crippen molar-refractivity contribution in [2.75, 3.05) is 13.1 Å². The maximum Gasteiger partial charge on any atom is 0.222 e. The van der Waals surface area contributed by atoms with E-state index in [1.165, 1.54) is 5.56 Å². The average molecular weight is 355 g/mol. The zero-order valence-electron chi connectivity index (χ0n) is 15.0. The van der Waals surface area contributed by atoms with Crippen LogP contribution in [0.4, 0.5) is 0 Å². The Bertz CT molecular complexity index is 733. The minimum atomic E-state index is 0.0411. The van der Waals surface area contributed by atoms with E-state index in [9.17, 15) is 4.79 Å². The molecule has 0 aliphatic carbocycles. The highest BCUT2D eigenvalue weighted by molar-refractivity contribution is 5.76. The molecule has 2 saturated heterocycles. The lowest BCUT2D eigenvalue weighted by Gasteiger charge is -2.18. The number of carbonyl (C=O) groups excluding carboxylic acids is 1. The van der Waals surface area contributed by atoms with Gasteiger partial charge in [-0.15, -0.1) is 0 Å². The normalized spacial score (nSPS) is 25.3. The van der Waals surface area contributed by atoms with Gasteiger partial charge in [-0.2, -0.15) is 5.10 Å². The molecular formula is C19H25N5O2. The molecule has 2 aromatic heterocycles. The van der Waals surface area contributed by atoms with Crippen LogP contribution in [0.25, 0.3) is 0 Å². The van der Waals surface area contributed by atoms with Crippen LogP contribution in [-0.2, 0) is 29.7 Å². The van der Waals surface area contributed by atoms with E-state index < -0.39 is 0 Å². The number of amides is 1. The molecule has 1 amide bonds. The van der Waals surface area contributed by atoms with Crippen LogP contribution in [0.5, 0.6) is 0 Å². The van der Waals surface area contributed by atoms with Crippen molar-refractivity contribution < 1.29 is 9.53 Å². The molecule has 0 unspecified atom stereocenters. The van der Waals surface area contributed by atoms with Crippen molar-refractivity contribution in [3.05, 3.63) is 48.0 Å². The number of fused-ring (bicyclic) bond motifs is 1. The van der Waals surface area contributed by atoms with Gasteiger partial charge < -0.3 is 10.1 Å². The Morgan fingerprint density at radius 3 is 3.00 bits per heavy atom. The molecule has 138 valence electrons. The van der Waals surface area contributed by atoms with Gasteiger partial charge in [0, 0.05) is 63.3 Å². The number of rotatable bonds is 6. The summed E-state index contributed by atoms with van der Waals surface area (Å²) < 4.78 is 7.98. The number of pyridine rings is 1. The summed E-state index contributed by atoms with van der Waals surface area (Å²) in [5.74, 6) is 0.578. The molecule has 2 fully saturated rings. The molecule has 0 saturated carbocycles. The van der Waals surface area contributed by atoms with Crippen molar-refractivity contribution >= 4 is 5.91 Å². The molecule has 4 heterocycles. The first kappa shape index (κ1) is 17.2. The number of hydrogen-bond donors (Lipinski definition) is 1. The van der Waals surface area contributed by atoms with Crippen LogP contribution in [-0.4, -0.2) is 50.9 Å². The predicted octanol–water partition coefficient (Wildman–Crippen LogP) is 1.11. The monoisotopic (exact) mass is 355 g/mol. The number of hydrogen-bond acceptors (Lipinski definition) is 5. The Hall–Kier alpha value is -2.25. The maximum absolute atomic E-state index is 12.2. The quantitative estimate of drug-likeness (QED) is 0.840. The Morgan fingerprint density at radius 1 is 1.35 bits per heavy atom. The summed E-state index contributed by atoms with van der Waals surface area (Å²) in [4.78, 5) is 18.6. The first-order valence-corrected chi connectivity index (χ1v) is 9.16. The van der Waals surface area contributed by atoms with E-state index in [2.05, 4.69) is 26.5 Å². The first-order valence-electron chi connectivity index (χ1n) is 9.16. The highest BCUT2D eigenvalue weighted by atomic mass is 16.5. The van der Waals surface area contributed by atoms with Crippen LogP contribution in [0.15, 0.2) is 36.9 Å². The Balaban J connectivity index is 1.20. The van der Waals surface area contributed by atoms with Crippen LogP contribution in [0.3, 0.4) is 0 Å². The molecule has 2 aliphatic heterocycles. The minimum Gasteiger partial charge on any atom is -0.373 e. The number of ether oxygens (including phenoxy) is 1. The van der Waals surface area contributed by atoms with Gasteiger partial charge in [0.15, 0.2) is 0 Å². The topological polar surface area (TPSA) is 72.3 Å². The SMILES string of the molecule is Cn1cc(CN2C[C@@H]3C[C@@H](CC(=O)NCc4cccnc4)O[C@@H]3C2)cn1. The number of nitrogens with one attached hydrogen (secondary N) is 1. The predicted molar refractivity (Wildman–Crippen MR) is 96.0 cm³/mol. The summed E-state index contributed by atoms with van der Waals surface area (Å²) in [6, 6.07) is 3.83. The second-order valence-corrected chi connectivity index (χ2v) is 7.35. The molecule has 2 aromatic rings. The van der Waals surface area contributed by atoms with E-state index in [-0.39, 0.29) is 18.1 Å². The highest BCUT2D eigenvalue weighted by Gasteiger charge is 2.42. The number of aromatic nitrogens is 3. The smallest absolute Gasteiger partial charge is 0.222 e. The van der Waals surface area contributed by atoms with Gasteiger partial charge in [0.25, 0.3) is 0 Å². The number of likely N-dealkylation sites (tertiary alicyclic amines) is 1. The second kappa shape index (κ2) is 7.55. The van der Waals surface area contributed by atoms with Crippen LogP contribution in [0, 0.1) is 5.92 Å². The number of aryl methyl sites for hydroxylation is 1. The molecule has 4 rings (SSSR count). The molecule has 0 bridgehead atoms. The largest absolute Gasteiger partial charge is 0.373 e. The zero-order valence-corrected chi connectivity index (χ0v) is 15.0. The first-order chi connectivity index (χ1) is 12.7. The lowest BCUT2D eigenvalue weighted by Crippen LogP contribution is -2.29. The minimum absolute atomic E-state index is 0.0411. The molecule has 26 heavy (non-hydrogen) atoms. The van der Waals surface area contributed by atoms with Crippen molar-refractivity contribution in [1.29, 1.82) is 0 Å². The summed E-state index contributed by atoms with van der Waals surface area (Å²) in [6.45, 7) is 3.41. The van der Waals surface area contributed by atoms with Gasteiger partial charge in [0.2, 0.25) is 5.91 Å². The Morgan fingerprint density at radius 2 is 2.27 bits per heavy atom. The molecule has 0 aromatic carbocycles. The molecule has 1 N–H and O–H groups in total. The van der Waals surface area contributed by atoms with Crippen molar-refractivity contribution in [3.63, 3.8) is 0 Å². The van der Waals surface area contributed by atoms with E-state index in [4.69, 9.17) is 4.74 Å². The second-order valence-electron chi connectivity index (χ2n) is 7.35. The van der Waals surface area contributed by atoms with Gasteiger partial charge in [-0.05, 0) is 18.1 Å². The van der Waals surface area contributed by atoms with Crippen molar-refractivity contribution in [1.82, 2.24) is 25.0 Å². The third-order valence-electron chi connectivity index (χ3n) is 5.18. The summed E-state index contributed by atoms with van der Waals surface area (Å²) in [5.41, 5.74) is 2.25. The van der Waals surface area contributed by atoms with E-state index in [0.29, 0.717) is 18.9 Å². The van der Waals surface area contributed by atoms with Crippen LogP contribution in [0.1, 0.15) is 24.0 Å². The van der Waals surface area contributed by atoms with Gasteiger partial charge in [-0.3, -0.25) is 19.4 Å². The van der Waals surface area contributed by atoms with E-state index >= 15 is 0 Å². The molecule has 7 heteroatoms. The van der Waals surface area contributed by atoms with E-state index in [0.717, 1.165) is 31.6 Å². The Kier molecular flexibility index (Phi) is 4.99. The fourth-order valence-corrected chi connectivity index (χ4v) is 4.00. The highest BCUT2D eigenvalue weighted by Crippen LogP contribution is 2.34. The van der Waals surface area contributed by atoms with Gasteiger partial charge in [-0.25, -0.2) is 0 Å². The fraction of sp³-hybridized carbons (Fsp3) is 0.526. The van der Waals surface area contributed by atoms with Crippen LogP contribution >= 0.6 is 0 Å². The standard InChI is InChI=1S/C19H25N5O2/c1-23-10-15(9-22-23)11-24-12-16-5-17(26-18(16)13-24)6-19(25)21-8-14-3-2-4-20-7-14/h2-4,7,9-10,16-18H,5-6,8,11-13H2,1H3,(H,21,25)/t16-,17-,18+/m0/s1. The van der Waals surface area contributed by atoms with Crippen LogP contribution < -0.4 is 5.32 Å². The molecule has 2 aliphatic rings. The van der Waals surface area contributed by atoms with Gasteiger partial charge >= 0.3 is 0 Å². The van der Waals surface area contributed by atoms with Crippen molar-refractivity contribution in [3.8, 4) is 0 Å². The number of nitrogens with zero attached hydrogens (tertiary/aromatic N) is 4. The number of carbonyl (C=O) groups is 1. The third-order valence-corrected chi connectivity index (χ3v) is 5.18. The van der Waals surface area contributed by atoms with Gasteiger partial charge in [0.05, 0.1) is 24.8 Å². The molecular weight excluding hydrogens is 330 g/mol. The molecule has 0 spiro atoms. The van der Waals surface area contributed by atoms with Crippen LogP contribution in [0.2, 0.25) is 0 Å². The fourth-order valence-electron chi connectivity index (χ4n) is 4.00. The zero-order chi connectivity index (χ0) is 17.9. The molecule has 0 radical (unpaired) electrons. The lowest BCUT2D eigenvalue weighted by molar-refractivity contribution is -0.124. The Labute approximate surface area is 153 Å². The average Bonchev–Trinajstić information content (AvgIpc) is 3.29. The summed E-state index contributed by atoms with van der Waals surface area (Å²) in [6.07, 6.45) is 9.18. The molecule has 3 atom stereocenters. The summed E-state index contributed by atoms with van der Waals surface area (Å²) in [5, 5.41) is 7.18. The van der Waals surface area contributed by atoms with Gasteiger partial charge in [0.1, 0.15) is 0 Å². The maximum atomic E-state index is 12.2. The molecule has 7 nitrogen and oxygen atoms in total. The lowest BCUT2D eigenvalue weighted by atomic mass is 10.0. The van der Waals surface area contributed by atoms with Gasteiger partial charge in [-0.1, -0.05) is 6.07 Å². The summed E-state index contributed by atoms with van der Waals surface area (Å²) >= 11 is 0. The van der Waals surface area contributed by atoms with E-state index in [1.54, 1.807) is 12.4 Å². The summed E-state index contributed by atoms with van der Waals surface area (Å²) in [7, 11) is 1.94. The van der Waals surface area contributed by atoms with Crippen molar-refractivity contribution in [2.45, 2.75) is 38.1 Å². The third kappa shape index (κ3) is 4.11. The van der Waals surface area contributed by atoms with Crippen molar-refractivity contribution in [2.24, 2.45) is 13.0 Å². The van der Waals surface area contributed by atoms with E-state index in [1.807, 2.05) is 30.1 Å².